The molecule has 0 radical (unpaired) electrons. The second-order valence-corrected chi connectivity index (χ2v) is 6.49. The number of hydrogen-bond acceptors (Lipinski definition) is 2. The molecule has 0 aromatic rings. The summed E-state index contributed by atoms with van der Waals surface area (Å²) in [6.45, 7) is 12.6. The molecule has 0 amide bonds. The van der Waals surface area contributed by atoms with Crippen LogP contribution in [0.25, 0.3) is 0 Å². The van der Waals surface area contributed by atoms with Gasteiger partial charge in [-0.3, -0.25) is 9.98 Å². The van der Waals surface area contributed by atoms with E-state index in [0.29, 0.717) is 0 Å². The highest BCUT2D eigenvalue weighted by Gasteiger charge is 2.22. The Kier molecular flexibility index (Phi) is 7.57. The minimum atomic E-state index is 0.954. The summed E-state index contributed by atoms with van der Waals surface area (Å²) in [4.78, 5) is 9.06. The van der Waals surface area contributed by atoms with Crippen molar-refractivity contribution < 1.29 is 0 Å². The number of rotatable bonds is 4. The highest BCUT2D eigenvalue weighted by atomic mass is 14.8. The Morgan fingerprint density at radius 3 is 1.21 bits per heavy atom. The molecule has 0 N–H and O–H groups in total. The third-order valence-corrected chi connectivity index (χ3v) is 3.78. The van der Waals surface area contributed by atoms with Gasteiger partial charge in [-0.1, -0.05) is 47.6 Å². The summed E-state index contributed by atoms with van der Waals surface area (Å²) in [6, 6.07) is 0. The van der Waals surface area contributed by atoms with Crippen molar-refractivity contribution in [1.29, 1.82) is 0 Å². The molecule has 0 aromatic heterocycles. The standard InChI is InChI=1S/C22H30N2/c1-15(2)9-11-17(5)19-13-14-20(18(6)12-10-16(3)4)22(24-8)21(19)23-7/h9-14H,1-8H3/b17-11+,18-12+,23-21-,24-22-. The summed E-state index contributed by atoms with van der Waals surface area (Å²) in [5.41, 5.74) is 9.12. The molecule has 0 bridgehead atoms. The van der Waals surface area contributed by atoms with Crippen LogP contribution in [0.5, 0.6) is 0 Å². The second kappa shape index (κ2) is 9.17. The predicted octanol–water partition coefficient (Wildman–Crippen LogP) is 5.82. The highest BCUT2D eigenvalue weighted by Crippen LogP contribution is 2.25. The fourth-order valence-corrected chi connectivity index (χ4v) is 2.43. The molecule has 0 aliphatic heterocycles. The summed E-state index contributed by atoms with van der Waals surface area (Å²) in [5, 5.41) is 0. The molecule has 0 unspecified atom stereocenters. The van der Waals surface area contributed by atoms with Crippen LogP contribution in [-0.2, 0) is 0 Å². The van der Waals surface area contributed by atoms with E-state index in [9.17, 15) is 0 Å². The Hall–Kier alpha value is -2.22. The Labute approximate surface area is 147 Å². The Bertz CT molecular complexity index is 658. The van der Waals surface area contributed by atoms with Gasteiger partial charge in [0, 0.05) is 25.2 Å². The number of aliphatic imine (C=N–C) groups is 2. The predicted molar refractivity (Wildman–Crippen MR) is 109 cm³/mol. The average molecular weight is 322 g/mol. The highest BCUT2D eigenvalue weighted by molar-refractivity contribution is 6.56. The first-order valence-electron chi connectivity index (χ1n) is 8.32. The lowest BCUT2D eigenvalue weighted by Crippen LogP contribution is -2.23. The lowest BCUT2D eigenvalue weighted by atomic mass is 9.86. The summed E-state index contributed by atoms with van der Waals surface area (Å²) in [7, 11) is 3.67. The number of hydrogen-bond donors (Lipinski definition) is 0. The molecule has 2 nitrogen and oxygen atoms in total. The van der Waals surface area contributed by atoms with Crippen LogP contribution in [0.1, 0.15) is 41.5 Å². The van der Waals surface area contributed by atoms with Gasteiger partial charge in [0.25, 0.3) is 0 Å². The maximum atomic E-state index is 4.53. The Morgan fingerprint density at radius 2 is 0.958 bits per heavy atom. The average Bonchev–Trinajstić information content (AvgIpc) is 2.55. The van der Waals surface area contributed by atoms with E-state index in [2.05, 4.69) is 88.0 Å². The first-order valence-corrected chi connectivity index (χ1v) is 8.32. The van der Waals surface area contributed by atoms with Crippen molar-refractivity contribution in [2.45, 2.75) is 41.5 Å². The molecular formula is C22H30N2. The molecule has 128 valence electrons. The molecule has 1 aliphatic carbocycles. The first-order chi connectivity index (χ1) is 11.3. The van der Waals surface area contributed by atoms with Crippen molar-refractivity contribution in [2.75, 3.05) is 14.1 Å². The van der Waals surface area contributed by atoms with Crippen LogP contribution in [0, 0.1) is 0 Å². The zero-order valence-electron chi connectivity index (χ0n) is 16.4. The van der Waals surface area contributed by atoms with Crippen LogP contribution in [0.3, 0.4) is 0 Å². The summed E-state index contributed by atoms with van der Waals surface area (Å²) in [5.74, 6) is 0. The van der Waals surface area contributed by atoms with Crippen LogP contribution in [0.15, 0.2) is 79.9 Å². The van der Waals surface area contributed by atoms with Crippen molar-refractivity contribution >= 4 is 11.4 Å². The zero-order chi connectivity index (χ0) is 18.3. The van der Waals surface area contributed by atoms with Crippen LogP contribution in [0.4, 0.5) is 0 Å². The largest absolute Gasteiger partial charge is 0.286 e. The molecule has 0 heterocycles. The van der Waals surface area contributed by atoms with Gasteiger partial charge in [-0.05, 0) is 52.7 Å². The van der Waals surface area contributed by atoms with Gasteiger partial charge < -0.3 is 0 Å². The number of nitrogens with zero attached hydrogens (tertiary/aromatic N) is 2. The minimum absolute atomic E-state index is 0.954. The quantitative estimate of drug-likeness (QED) is 0.460. The van der Waals surface area contributed by atoms with Crippen LogP contribution >= 0.6 is 0 Å². The van der Waals surface area contributed by atoms with Crippen molar-refractivity contribution in [3.63, 3.8) is 0 Å². The van der Waals surface area contributed by atoms with E-state index in [1.165, 1.54) is 22.3 Å². The van der Waals surface area contributed by atoms with E-state index in [1.54, 1.807) is 0 Å². The second-order valence-electron chi connectivity index (χ2n) is 6.49. The molecular weight excluding hydrogens is 292 g/mol. The Balaban J connectivity index is 3.42. The monoisotopic (exact) mass is 322 g/mol. The summed E-state index contributed by atoms with van der Waals surface area (Å²) >= 11 is 0. The minimum Gasteiger partial charge on any atom is -0.286 e. The molecule has 2 heteroatoms. The molecule has 0 saturated heterocycles. The molecule has 1 aliphatic rings. The third kappa shape index (κ3) is 5.16. The fraction of sp³-hybridized carbons (Fsp3) is 0.364. The maximum Gasteiger partial charge on any atom is 0.0903 e. The smallest absolute Gasteiger partial charge is 0.0903 e. The number of allylic oxidation sites excluding steroid dienone is 12. The lowest BCUT2D eigenvalue weighted by molar-refractivity contribution is 1.33. The molecule has 0 atom stereocenters. The van der Waals surface area contributed by atoms with Gasteiger partial charge >= 0.3 is 0 Å². The molecule has 0 spiro atoms. The SMILES string of the molecule is C/N=C1/C(/C(C)=C/C=C(C)C)=CC=C(/C(C)=C/C=C(C)C)/C1=N/C. The van der Waals surface area contributed by atoms with Gasteiger partial charge in [0.2, 0.25) is 0 Å². The van der Waals surface area contributed by atoms with Gasteiger partial charge in [-0.2, -0.15) is 0 Å². The van der Waals surface area contributed by atoms with Crippen molar-refractivity contribution in [2.24, 2.45) is 9.98 Å². The van der Waals surface area contributed by atoms with Gasteiger partial charge in [0.1, 0.15) is 0 Å². The Morgan fingerprint density at radius 1 is 0.625 bits per heavy atom. The molecule has 0 fully saturated rings. The van der Waals surface area contributed by atoms with Crippen LogP contribution < -0.4 is 0 Å². The van der Waals surface area contributed by atoms with Gasteiger partial charge in [-0.25, -0.2) is 0 Å². The molecule has 24 heavy (non-hydrogen) atoms. The van der Waals surface area contributed by atoms with E-state index >= 15 is 0 Å². The van der Waals surface area contributed by atoms with E-state index < -0.39 is 0 Å². The van der Waals surface area contributed by atoms with Gasteiger partial charge in [0.05, 0.1) is 11.4 Å². The maximum absolute atomic E-state index is 4.53. The van der Waals surface area contributed by atoms with Crippen molar-refractivity contribution in [3.8, 4) is 0 Å². The first kappa shape index (κ1) is 19.8. The zero-order valence-corrected chi connectivity index (χ0v) is 16.4. The van der Waals surface area contributed by atoms with Crippen LogP contribution in [0.2, 0.25) is 0 Å². The van der Waals surface area contributed by atoms with Crippen LogP contribution in [-0.4, -0.2) is 25.5 Å². The molecule has 1 rings (SSSR count). The normalized spacial score (nSPS) is 19.2. The third-order valence-electron chi connectivity index (χ3n) is 3.78. The molecule has 0 saturated carbocycles. The summed E-state index contributed by atoms with van der Waals surface area (Å²) < 4.78 is 0. The van der Waals surface area contributed by atoms with Gasteiger partial charge in [-0.15, -0.1) is 0 Å². The van der Waals surface area contributed by atoms with Crippen molar-refractivity contribution in [1.82, 2.24) is 0 Å². The fourth-order valence-electron chi connectivity index (χ4n) is 2.43. The van der Waals surface area contributed by atoms with E-state index in [1.807, 2.05) is 14.1 Å². The van der Waals surface area contributed by atoms with Crippen molar-refractivity contribution in [3.05, 3.63) is 69.9 Å². The topological polar surface area (TPSA) is 24.7 Å². The van der Waals surface area contributed by atoms with Gasteiger partial charge in [0.15, 0.2) is 0 Å². The lowest BCUT2D eigenvalue weighted by Gasteiger charge is -2.20. The molecule has 0 aromatic carbocycles. The van der Waals surface area contributed by atoms with E-state index in [4.69, 9.17) is 0 Å². The summed E-state index contributed by atoms with van der Waals surface area (Å²) in [6.07, 6.45) is 12.8. The van der Waals surface area contributed by atoms with E-state index in [-0.39, 0.29) is 0 Å². The van der Waals surface area contributed by atoms with E-state index in [0.717, 1.165) is 22.6 Å².